The maximum absolute atomic E-state index is 6.11. The topological polar surface area (TPSA) is 20.5 Å². The van der Waals surface area contributed by atoms with Crippen LogP contribution < -0.4 is 4.74 Å². The highest BCUT2D eigenvalue weighted by molar-refractivity contribution is 6.31. The minimum absolute atomic E-state index is 0.131. The fraction of sp³-hybridized carbons (Fsp3) is 0.286. The Morgan fingerprint density at radius 2 is 1.71 bits per heavy atom. The molecule has 1 aromatic heterocycles. The van der Waals surface area contributed by atoms with Crippen molar-refractivity contribution in [2.75, 3.05) is 6.61 Å². The lowest BCUT2D eigenvalue weighted by Crippen LogP contribution is -2.10. The lowest BCUT2D eigenvalue weighted by Gasteiger charge is -2.18. The SMILES string of the molecule is CCOc1cc(-c2ccc(C(C)(C)C)cc2)[o+]c2ccc(Cl)cc12. The van der Waals surface area contributed by atoms with E-state index in [1.54, 1.807) is 0 Å². The highest BCUT2D eigenvalue weighted by Crippen LogP contribution is 2.35. The van der Waals surface area contributed by atoms with E-state index in [2.05, 4.69) is 45.0 Å². The summed E-state index contributed by atoms with van der Waals surface area (Å²) in [7, 11) is 0. The van der Waals surface area contributed by atoms with E-state index >= 15 is 0 Å². The van der Waals surface area contributed by atoms with E-state index < -0.39 is 0 Å². The summed E-state index contributed by atoms with van der Waals surface area (Å²) in [5, 5.41) is 1.56. The Labute approximate surface area is 148 Å². The molecule has 0 spiro atoms. The van der Waals surface area contributed by atoms with Crippen molar-refractivity contribution in [1.29, 1.82) is 0 Å². The predicted octanol–water partition coefficient (Wildman–Crippen LogP) is 6.73. The maximum atomic E-state index is 6.11. The number of halogens is 1. The second-order valence-corrected chi connectivity index (χ2v) is 7.31. The van der Waals surface area contributed by atoms with Crippen LogP contribution in [0.1, 0.15) is 33.3 Å². The van der Waals surface area contributed by atoms with Crippen LogP contribution in [0.3, 0.4) is 0 Å². The minimum atomic E-state index is 0.131. The van der Waals surface area contributed by atoms with Crippen LogP contribution in [-0.2, 0) is 5.41 Å². The van der Waals surface area contributed by atoms with E-state index in [-0.39, 0.29) is 5.41 Å². The first-order chi connectivity index (χ1) is 11.4. The van der Waals surface area contributed by atoms with Crippen molar-refractivity contribution in [3.63, 3.8) is 0 Å². The van der Waals surface area contributed by atoms with E-state index in [0.29, 0.717) is 11.6 Å². The zero-order valence-corrected chi connectivity index (χ0v) is 15.3. The van der Waals surface area contributed by atoms with Crippen molar-refractivity contribution in [3.05, 3.63) is 59.1 Å². The maximum Gasteiger partial charge on any atom is 0.364 e. The summed E-state index contributed by atoms with van der Waals surface area (Å²) >= 11 is 6.11. The van der Waals surface area contributed by atoms with Crippen molar-refractivity contribution in [2.45, 2.75) is 33.1 Å². The van der Waals surface area contributed by atoms with Gasteiger partial charge in [0.15, 0.2) is 0 Å². The molecule has 1 heterocycles. The van der Waals surface area contributed by atoms with Crippen LogP contribution in [0.25, 0.3) is 22.3 Å². The standard InChI is InChI=1S/C21H22ClO2/c1-5-23-20-13-19(24-18-11-10-16(22)12-17(18)20)14-6-8-15(9-7-14)21(2,3)4/h6-13H,5H2,1-4H3/q+1. The average molecular weight is 342 g/mol. The molecule has 0 saturated carbocycles. The van der Waals surface area contributed by atoms with Crippen LogP contribution in [0.15, 0.2) is 52.9 Å². The molecule has 0 saturated heterocycles. The van der Waals surface area contributed by atoms with Crippen LogP contribution >= 0.6 is 11.6 Å². The number of rotatable bonds is 3. The number of fused-ring (bicyclic) bond motifs is 1. The first kappa shape index (κ1) is 16.8. The van der Waals surface area contributed by atoms with Gasteiger partial charge in [-0.25, -0.2) is 4.42 Å². The van der Waals surface area contributed by atoms with Crippen molar-refractivity contribution in [3.8, 4) is 17.1 Å². The second-order valence-electron chi connectivity index (χ2n) is 6.88. The lowest BCUT2D eigenvalue weighted by molar-refractivity contribution is 0.342. The summed E-state index contributed by atoms with van der Waals surface area (Å²) in [5.41, 5.74) is 3.22. The van der Waals surface area contributed by atoms with Gasteiger partial charge >= 0.3 is 11.3 Å². The monoisotopic (exact) mass is 341 g/mol. The van der Waals surface area contributed by atoms with Crippen molar-refractivity contribution in [2.24, 2.45) is 0 Å². The Balaban J connectivity index is 2.11. The van der Waals surface area contributed by atoms with Gasteiger partial charge in [-0.3, -0.25) is 0 Å². The van der Waals surface area contributed by atoms with Crippen molar-refractivity contribution < 1.29 is 9.15 Å². The van der Waals surface area contributed by atoms with Crippen molar-refractivity contribution >= 4 is 22.6 Å². The largest absolute Gasteiger partial charge is 0.493 e. The van der Waals surface area contributed by atoms with E-state index in [4.69, 9.17) is 20.8 Å². The molecule has 3 heteroatoms. The molecule has 0 amide bonds. The molecule has 3 rings (SSSR count). The van der Waals surface area contributed by atoms with Gasteiger partial charge in [-0.1, -0.05) is 44.5 Å². The summed E-state index contributed by atoms with van der Waals surface area (Å²) < 4.78 is 11.9. The third kappa shape index (κ3) is 3.39. The molecule has 24 heavy (non-hydrogen) atoms. The van der Waals surface area contributed by atoms with Gasteiger partial charge in [-0.2, -0.15) is 0 Å². The Bertz CT molecular complexity index is 861. The lowest BCUT2D eigenvalue weighted by atomic mass is 9.86. The molecule has 0 aliphatic rings. The first-order valence-electron chi connectivity index (χ1n) is 8.18. The Hall–Kier alpha value is -2.06. The Morgan fingerprint density at radius 3 is 2.33 bits per heavy atom. The van der Waals surface area contributed by atoms with E-state index in [1.807, 2.05) is 31.2 Å². The molecule has 0 bridgehead atoms. The van der Waals surface area contributed by atoms with Crippen LogP contribution in [0.4, 0.5) is 0 Å². The highest BCUT2D eigenvalue weighted by Gasteiger charge is 2.21. The van der Waals surface area contributed by atoms with Crippen LogP contribution in [0.5, 0.6) is 5.75 Å². The zero-order chi connectivity index (χ0) is 17.3. The smallest absolute Gasteiger partial charge is 0.364 e. The highest BCUT2D eigenvalue weighted by atomic mass is 35.5. The predicted molar refractivity (Wildman–Crippen MR) is 101 cm³/mol. The third-order valence-corrected chi connectivity index (χ3v) is 4.26. The fourth-order valence-electron chi connectivity index (χ4n) is 2.68. The summed E-state index contributed by atoms with van der Waals surface area (Å²) in [6, 6.07) is 16.0. The van der Waals surface area contributed by atoms with Gasteiger partial charge in [-0.05, 0) is 42.2 Å². The molecule has 2 aromatic carbocycles. The van der Waals surface area contributed by atoms with Gasteiger partial charge < -0.3 is 4.74 Å². The van der Waals surface area contributed by atoms with Gasteiger partial charge in [-0.15, -0.1) is 0 Å². The summed E-state index contributed by atoms with van der Waals surface area (Å²) in [4.78, 5) is 0. The van der Waals surface area contributed by atoms with Gasteiger partial charge in [0, 0.05) is 11.1 Å². The van der Waals surface area contributed by atoms with Gasteiger partial charge in [0.25, 0.3) is 0 Å². The molecule has 0 unspecified atom stereocenters. The molecule has 124 valence electrons. The molecule has 2 nitrogen and oxygen atoms in total. The molecule has 0 fully saturated rings. The fourth-order valence-corrected chi connectivity index (χ4v) is 2.85. The molecular weight excluding hydrogens is 320 g/mol. The number of benzene rings is 2. The number of hydrogen-bond acceptors (Lipinski definition) is 1. The molecule has 3 aromatic rings. The minimum Gasteiger partial charge on any atom is -0.493 e. The van der Waals surface area contributed by atoms with Gasteiger partial charge in [0.2, 0.25) is 0 Å². The summed E-state index contributed by atoms with van der Waals surface area (Å²) in [6.45, 7) is 9.18. The van der Waals surface area contributed by atoms with E-state index in [0.717, 1.165) is 28.0 Å². The third-order valence-electron chi connectivity index (χ3n) is 4.02. The average Bonchev–Trinajstić information content (AvgIpc) is 2.54. The molecule has 0 N–H and O–H groups in total. The normalized spacial score (nSPS) is 11.7. The molecule has 0 atom stereocenters. The molecule has 0 aliphatic heterocycles. The zero-order valence-electron chi connectivity index (χ0n) is 14.5. The first-order valence-corrected chi connectivity index (χ1v) is 8.56. The quantitative estimate of drug-likeness (QED) is 0.492. The van der Waals surface area contributed by atoms with Crippen LogP contribution in [-0.4, -0.2) is 6.61 Å². The summed E-state index contributed by atoms with van der Waals surface area (Å²) in [5.74, 6) is 1.57. The van der Waals surface area contributed by atoms with Crippen LogP contribution in [0, 0.1) is 0 Å². The Kier molecular flexibility index (Phi) is 4.51. The van der Waals surface area contributed by atoms with Crippen LogP contribution in [0.2, 0.25) is 5.02 Å². The van der Waals surface area contributed by atoms with Gasteiger partial charge in [0.1, 0.15) is 11.1 Å². The summed E-state index contributed by atoms with van der Waals surface area (Å²) in [6.07, 6.45) is 0. The molecular formula is C21H22ClO2+. The van der Waals surface area contributed by atoms with Crippen molar-refractivity contribution in [1.82, 2.24) is 0 Å². The number of ether oxygens (including phenoxy) is 1. The Morgan fingerprint density at radius 1 is 1.00 bits per heavy atom. The molecule has 0 aliphatic carbocycles. The molecule has 0 radical (unpaired) electrons. The van der Waals surface area contributed by atoms with Gasteiger partial charge in [0.05, 0.1) is 18.2 Å². The van der Waals surface area contributed by atoms with E-state index in [1.165, 1.54) is 5.56 Å². The second kappa shape index (κ2) is 6.45. The van der Waals surface area contributed by atoms with E-state index in [9.17, 15) is 0 Å². The number of hydrogen-bond donors (Lipinski definition) is 0.